The molecule has 25 heavy (non-hydrogen) atoms. The lowest BCUT2D eigenvalue weighted by molar-refractivity contribution is -0.130. The molecule has 0 spiro atoms. The van der Waals surface area contributed by atoms with Gasteiger partial charge in [-0.25, -0.2) is 13.6 Å². The zero-order valence-electron chi connectivity index (χ0n) is 13.6. The predicted molar refractivity (Wildman–Crippen MR) is 90.6 cm³/mol. The first-order chi connectivity index (χ1) is 12.0. The Morgan fingerprint density at radius 3 is 2.20 bits per heavy atom. The topological polar surface area (TPSA) is 55.8 Å². The summed E-state index contributed by atoms with van der Waals surface area (Å²) in [6.07, 6.45) is 4.47. The molecule has 0 amide bonds. The first kappa shape index (κ1) is 18.2. The summed E-state index contributed by atoms with van der Waals surface area (Å²) in [4.78, 5) is 11.5. The van der Waals surface area contributed by atoms with Crippen LogP contribution in [-0.2, 0) is 4.79 Å². The van der Waals surface area contributed by atoms with Gasteiger partial charge in [0.15, 0.2) is 23.1 Å². The summed E-state index contributed by atoms with van der Waals surface area (Å²) in [6.45, 7) is 0. The van der Waals surface area contributed by atoms with Crippen LogP contribution in [0, 0.1) is 11.6 Å². The third-order valence-corrected chi connectivity index (χ3v) is 3.42. The van der Waals surface area contributed by atoms with Gasteiger partial charge in [0.25, 0.3) is 0 Å². The fraction of sp³-hybridized carbons (Fsp3) is 0.105. The fourth-order valence-corrected chi connectivity index (χ4v) is 2.15. The summed E-state index contributed by atoms with van der Waals surface area (Å²) in [5.41, 5.74) is 0.895. The highest BCUT2D eigenvalue weighted by molar-refractivity contribution is 6.15. The number of carboxylic acid groups (broad SMARTS) is 1. The van der Waals surface area contributed by atoms with Crippen molar-refractivity contribution in [1.82, 2.24) is 0 Å². The highest BCUT2D eigenvalue weighted by atomic mass is 19.1. The van der Waals surface area contributed by atoms with E-state index in [9.17, 15) is 18.7 Å². The Bertz CT molecular complexity index is 841. The van der Waals surface area contributed by atoms with Crippen LogP contribution in [0.5, 0.6) is 11.5 Å². The molecule has 2 aromatic carbocycles. The molecule has 0 fully saturated rings. The number of carbonyl (C=O) groups is 1. The second-order valence-corrected chi connectivity index (χ2v) is 4.99. The van der Waals surface area contributed by atoms with Crippen molar-refractivity contribution in [1.29, 1.82) is 0 Å². The summed E-state index contributed by atoms with van der Waals surface area (Å²) < 4.78 is 36.6. The molecule has 0 aromatic heterocycles. The molecule has 2 rings (SSSR count). The van der Waals surface area contributed by atoms with E-state index >= 15 is 0 Å². The highest BCUT2D eigenvalue weighted by Crippen LogP contribution is 2.24. The smallest absolute Gasteiger partial charge is 0.336 e. The predicted octanol–water partition coefficient (Wildman–Crippen LogP) is 4.16. The maximum Gasteiger partial charge on any atom is 0.336 e. The van der Waals surface area contributed by atoms with Gasteiger partial charge in [-0.3, -0.25) is 0 Å². The molecule has 6 heteroatoms. The van der Waals surface area contributed by atoms with E-state index in [1.807, 2.05) is 0 Å². The van der Waals surface area contributed by atoms with Crippen molar-refractivity contribution >= 4 is 17.6 Å². The second kappa shape index (κ2) is 8.10. The quantitative estimate of drug-likeness (QED) is 0.630. The summed E-state index contributed by atoms with van der Waals surface area (Å²) in [5.74, 6) is -2.19. The van der Waals surface area contributed by atoms with Gasteiger partial charge in [0.2, 0.25) is 0 Å². The Labute approximate surface area is 143 Å². The van der Waals surface area contributed by atoms with Crippen LogP contribution in [0.4, 0.5) is 8.78 Å². The minimum Gasteiger partial charge on any atom is -0.494 e. The van der Waals surface area contributed by atoms with Crippen LogP contribution >= 0.6 is 0 Å². The Kier molecular flexibility index (Phi) is 5.89. The van der Waals surface area contributed by atoms with Crippen LogP contribution < -0.4 is 9.47 Å². The molecule has 0 radical (unpaired) electrons. The lowest BCUT2D eigenvalue weighted by atomic mass is 10.0. The summed E-state index contributed by atoms with van der Waals surface area (Å²) >= 11 is 0. The molecule has 0 aliphatic heterocycles. The van der Waals surface area contributed by atoms with Gasteiger partial charge in [0.1, 0.15) is 0 Å². The van der Waals surface area contributed by atoms with Crippen molar-refractivity contribution in [2.75, 3.05) is 14.2 Å². The number of hydrogen-bond donors (Lipinski definition) is 1. The molecule has 0 unspecified atom stereocenters. The van der Waals surface area contributed by atoms with Gasteiger partial charge < -0.3 is 14.6 Å². The average molecular weight is 346 g/mol. The van der Waals surface area contributed by atoms with Crippen molar-refractivity contribution < 1.29 is 28.2 Å². The summed E-state index contributed by atoms with van der Waals surface area (Å²) in [5, 5.41) is 9.37. The first-order valence-corrected chi connectivity index (χ1v) is 7.25. The number of aliphatic carboxylic acids is 1. The van der Waals surface area contributed by atoms with Gasteiger partial charge >= 0.3 is 5.97 Å². The van der Waals surface area contributed by atoms with E-state index in [0.717, 1.165) is 6.07 Å². The minimum absolute atomic E-state index is 0.0383. The Balaban J connectivity index is 2.33. The second-order valence-electron chi connectivity index (χ2n) is 4.99. The lowest BCUT2D eigenvalue weighted by Gasteiger charge is -2.06. The molecule has 0 saturated carbocycles. The van der Waals surface area contributed by atoms with Gasteiger partial charge in [-0.05, 0) is 41.5 Å². The molecule has 130 valence electrons. The van der Waals surface area contributed by atoms with E-state index < -0.39 is 17.6 Å². The fourth-order valence-electron chi connectivity index (χ4n) is 2.15. The van der Waals surface area contributed by atoms with Crippen molar-refractivity contribution in [3.63, 3.8) is 0 Å². The van der Waals surface area contributed by atoms with Gasteiger partial charge in [-0.1, -0.05) is 24.3 Å². The molecular weight excluding hydrogens is 330 g/mol. The molecule has 4 nitrogen and oxygen atoms in total. The normalized spacial score (nSPS) is 11.6. The zero-order chi connectivity index (χ0) is 18.4. The largest absolute Gasteiger partial charge is 0.494 e. The molecule has 0 aliphatic rings. The maximum atomic E-state index is 13.5. The van der Waals surface area contributed by atoms with Crippen LogP contribution in [0.1, 0.15) is 11.1 Å². The van der Waals surface area contributed by atoms with Crippen LogP contribution in [0.2, 0.25) is 0 Å². The number of methoxy groups -OCH3 is 2. The Hall–Kier alpha value is -3.15. The molecule has 1 N–H and O–H groups in total. The number of hydrogen-bond acceptors (Lipinski definition) is 3. The van der Waals surface area contributed by atoms with E-state index in [1.54, 1.807) is 6.08 Å². The van der Waals surface area contributed by atoms with E-state index in [2.05, 4.69) is 0 Å². The number of allylic oxidation sites excluding steroid dienone is 2. The SMILES string of the molecule is COc1cc(/C=C/C=C(C(=O)O)c2ccc(F)c(OC)c2)ccc1F. The van der Waals surface area contributed by atoms with Crippen molar-refractivity contribution in [3.05, 3.63) is 71.3 Å². The third kappa shape index (κ3) is 4.44. The number of halogens is 2. The van der Waals surface area contributed by atoms with Gasteiger partial charge in [-0.2, -0.15) is 0 Å². The third-order valence-electron chi connectivity index (χ3n) is 3.42. The molecule has 0 atom stereocenters. The number of benzene rings is 2. The van der Waals surface area contributed by atoms with Crippen LogP contribution in [0.25, 0.3) is 11.6 Å². The maximum absolute atomic E-state index is 13.5. The van der Waals surface area contributed by atoms with Gasteiger partial charge in [-0.15, -0.1) is 0 Å². The number of ether oxygens (including phenoxy) is 2. The first-order valence-electron chi connectivity index (χ1n) is 7.25. The number of rotatable bonds is 6. The Morgan fingerprint density at radius 2 is 1.60 bits per heavy atom. The summed E-state index contributed by atoms with van der Waals surface area (Å²) in [6, 6.07) is 8.08. The minimum atomic E-state index is -1.17. The molecule has 0 aliphatic carbocycles. The van der Waals surface area contributed by atoms with Crippen LogP contribution in [-0.4, -0.2) is 25.3 Å². The van der Waals surface area contributed by atoms with Crippen LogP contribution in [0.3, 0.4) is 0 Å². The van der Waals surface area contributed by atoms with E-state index in [-0.39, 0.29) is 17.1 Å². The molecule has 0 bridgehead atoms. The van der Waals surface area contributed by atoms with Crippen molar-refractivity contribution in [3.8, 4) is 11.5 Å². The lowest BCUT2D eigenvalue weighted by Crippen LogP contribution is -2.00. The summed E-state index contributed by atoms with van der Waals surface area (Å²) in [7, 11) is 2.66. The van der Waals surface area contributed by atoms with Crippen molar-refractivity contribution in [2.24, 2.45) is 0 Å². The monoisotopic (exact) mass is 346 g/mol. The highest BCUT2D eigenvalue weighted by Gasteiger charge is 2.12. The Morgan fingerprint density at radius 1 is 1.00 bits per heavy atom. The van der Waals surface area contributed by atoms with E-state index in [4.69, 9.17) is 9.47 Å². The standard InChI is InChI=1S/C19H16F2O4/c1-24-17-10-12(6-8-15(17)20)4-3-5-14(19(22)23)13-7-9-16(21)18(11-13)25-2/h3-11H,1-2H3,(H,22,23)/b4-3+,14-5?. The number of carboxylic acids is 1. The van der Waals surface area contributed by atoms with Gasteiger partial charge in [0.05, 0.1) is 19.8 Å². The zero-order valence-corrected chi connectivity index (χ0v) is 13.6. The molecule has 2 aromatic rings. The van der Waals surface area contributed by atoms with Crippen molar-refractivity contribution in [2.45, 2.75) is 0 Å². The van der Waals surface area contributed by atoms with Gasteiger partial charge in [0, 0.05) is 0 Å². The molecule has 0 heterocycles. The van der Waals surface area contributed by atoms with E-state index in [0.29, 0.717) is 11.1 Å². The molecular formula is C19H16F2O4. The molecule has 0 saturated heterocycles. The average Bonchev–Trinajstić information content (AvgIpc) is 2.60. The van der Waals surface area contributed by atoms with E-state index in [1.165, 1.54) is 56.7 Å². The van der Waals surface area contributed by atoms with Crippen LogP contribution in [0.15, 0.2) is 48.6 Å².